The highest BCUT2D eigenvalue weighted by Gasteiger charge is 2.30. The number of hydrogen-bond donors (Lipinski definition) is 2. The van der Waals surface area contributed by atoms with Crippen LogP contribution in [-0.4, -0.2) is 24.4 Å². The fourth-order valence-electron chi connectivity index (χ4n) is 2.24. The molecule has 2 N–H and O–H groups in total. The lowest BCUT2D eigenvalue weighted by Crippen LogP contribution is -2.40. The molecule has 10 heteroatoms. The summed E-state index contributed by atoms with van der Waals surface area (Å²) in [6, 6.07) is 2.84. The predicted molar refractivity (Wildman–Crippen MR) is 94.8 cm³/mol. The van der Waals surface area contributed by atoms with Gasteiger partial charge in [-0.1, -0.05) is 11.6 Å². The van der Waals surface area contributed by atoms with Crippen LogP contribution in [0, 0.1) is 11.6 Å². The summed E-state index contributed by atoms with van der Waals surface area (Å²) in [4.78, 5) is 12.2. The van der Waals surface area contributed by atoms with Crippen LogP contribution in [-0.2, 0) is 17.1 Å². The molecule has 0 aliphatic heterocycles. The van der Waals surface area contributed by atoms with E-state index in [4.69, 9.17) is 11.6 Å². The van der Waals surface area contributed by atoms with Gasteiger partial charge in [-0.2, -0.15) is 0 Å². The molecule has 0 bridgehead atoms. The van der Waals surface area contributed by atoms with Crippen molar-refractivity contribution in [3.63, 3.8) is 0 Å². The zero-order chi connectivity index (χ0) is 19.9. The molecule has 0 saturated heterocycles. The number of hydrogen-bond acceptors (Lipinski definition) is 3. The van der Waals surface area contributed by atoms with Crippen molar-refractivity contribution in [1.29, 1.82) is 0 Å². The van der Waals surface area contributed by atoms with E-state index in [1.165, 1.54) is 23.9 Å². The molecule has 0 saturated carbocycles. The summed E-state index contributed by atoms with van der Waals surface area (Å²) < 4.78 is 54.9. The minimum atomic E-state index is -3.96. The van der Waals surface area contributed by atoms with Gasteiger partial charge in [0.2, 0.25) is 10.0 Å². The quantitative estimate of drug-likeness (QED) is 0.819. The van der Waals surface area contributed by atoms with Crippen molar-refractivity contribution in [2.45, 2.75) is 31.2 Å². The molecule has 2 rings (SSSR count). The molecule has 0 aliphatic rings. The van der Waals surface area contributed by atoms with Crippen molar-refractivity contribution < 1.29 is 22.0 Å². The molecule has 0 spiro atoms. The van der Waals surface area contributed by atoms with E-state index in [-0.39, 0.29) is 21.3 Å². The number of aromatic nitrogens is 1. The first-order chi connectivity index (χ1) is 11.8. The average molecular weight is 406 g/mol. The van der Waals surface area contributed by atoms with Gasteiger partial charge in [0, 0.05) is 30.5 Å². The minimum Gasteiger partial charge on any atom is -0.344 e. The Morgan fingerprint density at radius 3 is 2.35 bits per heavy atom. The number of carbonyl (C=O) groups excluding carboxylic acids is 1. The Morgan fingerprint density at radius 2 is 1.81 bits per heavy atom. The van der Waals surface area contributed by atoms with Crippen LogP contribution in [0.2, 0.25) is 5.02 Å². The van der Waals surface area contributed by atoms with E-state index in [0.717, 1.165) is 12.1 Å². The SMILES string of the molecule is Cn1cc(S(=O)(=O)NC(C)(C)C)c(Cl)c1C(=O)Nc1ccc(F)c(F)c1. The maximum absolute atomic E-state index is 13.3. The Labute approximate surface area is 155 Å². The fourth-order valence-corrected chi connectivity index (χ4v) is 4.36. The highest BCUT2D eigenvalue weighted by Crippen LogP contribution is 2.28. The first-order valence-electron chi connectivity index (χ1n) is 7.47. The number of aryl methyl sites for hydroxylation is 1. The summed E-state index contributed by atoms with van der Waals surface area (Å²) in [7, 11) is -2.51. The number of nitrogens with zero attached hydrogens (tertiary/aromatic N) is 1. The van der Waals surface area contributed by atoms with Gasteiger partial charge in [0.05, 0.1) is 5.02 Å². The smallest absolute Gasteiger partial charge is 0.273 e. The largest absolute Gasteiger partial charge is 0.344 e. The third kappa shape index (κ3) is 4.40. The lowest BCUT2D eigenvalue weighted by molar-refractivity contribution is 0.101. The van der Waals surface area contributed by atoms with E-state index in [1.807, 2.05) is 0 Å². The van der Waals surface area contributed by atoms with E-state index in [1.54, 1.807) is 20.8 Å². The number of anilines is 1. The molecule has 6 nitrogen and oxygen atoms in total. The van der Waals surface area contributed by atoms with Crippen molar-refractivity contribution in [2.75, 3.05) is 5.32 Å². The van der Waals surface area contributed by atoms with Gasteiger partial charge in [0.15, 0.2) is 11.6 Å². The summed E-state index contributed by atoms with van der Waals surface area (Å²) in [5, 5.41) is 2.08. The van der Waals surface area contributed by atoms with Gasteiger partial charge in [-0.05, 0) is 32.9 Å². The number of amides is 1. The van der Waals surface area contributed by atoms with Crippen LogP contribution < -0.4 is 10.0 Å². The van der Waals surface area contributed by atoms with Crippen LogP contribution in [0.25, 0.3) is 0 Å². The lowest BCUT2D eigenvalue weighted by Gasteiger charge is -2.19. The van der Waals surface area contributed by atoms with Gasteiger partial charge in [-0.15, -0.1) is 0 Å². The number of carbonyl (C=O) groups is 1. The van der Waals surface area contributed by atoms with Crippen molar-refractivity contribution in [3.05, 3.63) is 46.7 Å². The van der Waals surface area contributed by atoms with E-state index in [9.17, 15) is 22.0 Å². The Bertz CT molecular complexity index is 966. The molecular weight excluding hydrogens is 388 g/mol. The molecular formula is C16H18ClF2N3O3S. The second kappa shape index (κ2) is 6.98. The number of nitrogens with one attached hydrogen (secondary N) is 2. The third-order valence-electron chi connectivity index (χ3n) is 3.21. The zero-order valence-electron chi connectivity index (χ0n) is 14.5. The van der Waals surface area contributed by atoms with E-state index < -0.39 is 33.1 Å². The van der Waals surface area contributed by atoms with E-state index >= 15 is 0 Å². The topological polar surface area (TPSA) is 80.2 Å². The first kappa shape index (κ1) is 20.3. The van der Waals surface area contributed by atoms with Crippen LogP contribution in [0.3, 0.4) is 0 Å². The fraction of sp³-hybridized carbons (Fsp3) is 0.312. The molecule has 1 amide bonds. The molecule has 0 atom stereocenters. The molecule has 0 aliphatic carbocycles. The zero-order valence-corrected chi connectivity index (χ0v) is 16.1. The Hall–Kier alpha value is -1.97. The summed E-state index contributed by atoms with van der Waals surface area (Å²) >= 11 is 6.13. The molecule has 1 aromatic heterocycles. The summed E-state index contributed by atoms with van der Waals surface area (Å²) in [6.45, 7) is 4.99. The Balaban J connectivity index is 2.37. The summed E-state index contributed by atoms with van der Waals surface area (Å²) in [6.07, 6.45) is 1.20. The summed E-state index contributed by atoms with van der Waals surface area (Å²) in [5.74, 6) is -2.94. The molecule has 26 heavy (non-hydrogen) atoms. The maximum Gasteiger partial charge on any atom is 0.273 e. The van der Waals surface area contributed by atoms with Crippen molar-refractivity contribution in [1.82, 2.24) is 9.29 Å². The Morgan fingerprint density at radius 1 is 1.19 bits per heavy atom. The van der Waals surface area contributed by atoms with Gasteiger partial charge in [0.1, 0.15) is 10.6 Å². The van der Waals surface area contributed by atoms with E-state index in [0.29, 0.717) is 0 Å². The van der Waals surface area contributed by atoms with Crippen molar-refractivity contribution in [2.24, 2.45) is 7.05 Å². The number of halogens is 3. The van der Waals surface area contributed by atoms with Crippen molar-refractivity contribution >= 4 is 33.2 Å². The second-order valence-corrected chi connectivity index (χ2v) is 8.73. The molecule has 142 valence electrons. The molecule has 0 unspecified atom stereocenters. The number of sulfonamides is 1. The second-order valence-electron chi connectivity index (χ2n) is 6.71. The van der Waals surface area contributed by atoms with Gasteiger partial charge in [0.25, 0.3) is 5.91 Å². The minimum absolute atomic E-state index is 0.00314. The molecule has 0 fully saturated rings. The van der Waals surface area contributed by atoms with Crippen LogP contribution in [0.4, 0.5) is 14.5 Å². The Kier molecular flexibility index (Phi) is 5.46. The normalized spacial score (nSPS) is 12.3. The highest BCUT2D eigenvalue weighted by molar-refractivity contribution is 7.89. The number of benzene rings is 1. The standard InChI is InChI=1S/C16H18ClF2N3O3S/c1-16(2,3)21-26(24,25)12-8-22(4)14(13(12)17)15(23)20-9-5-6-10(18)11(19)7-9/h5-8,21H,1-4H3,(H,20,23). The lowest BCUT2D eigenvalue weighted by atomic mass is 10.1. The van der Waals surface area contributed by atoms with Crippen LogP contribution >= 0.6 is 11.6 Å². The van der Waals surface area contributed by atoms with Gasteiger partial charge >= 0.3 is 0 Å². The van der Waals surface area contributed by atoms with Crippen LogP contribution in [0.15, 0.2) is 29.3 Å². The molecule has 2 aromatic rings. The average Bonchev–Trinajstić information content (AvgIpc) is 2.76. The van der Waals surface area contributed by atoms with Gasteiger partial charge in [-0.3, -0.25) is 4.79 Å². The van der Waals surface area contributed by atoms with Gasteiger partial charge in [-0.25, -0.2) is 21.9 Å². The van der Waals surface area contributed by atoms with E-state index in [2.05, 4.69) is 10.0 Å². The van der Waals surface area contributed by atoms with Crippen LogP contribution in [0.5, 0.6) is 0 Å². The monoisotopic (exact) mass is 405 g/mol. The molecule has 0 radical (unpaired) electrons. The van der Waals surface area contributed by atoms with Gasteiger partial charge < -0.3 is 9.88 Å². The third-order valence-corrected chi connectivity index (χ3v) is 5.47. The molecule has 1 aromatic carbocycles. The predicted octanol–water partition coefficient (Wildman–Crippen LogP) is 3.29. The highest BCUT2D eigenvalue weighted by atomic mass is 35.5. The maximum atomic E-state index is 13.3. The van der Waals surface area contributed by atoms with Crippen LogP contribution in [0.1, 0.15) is 31.3 Å². The molecule has 1 heterocycles. The number of rotatable bonds is 4. The van der Waals surface area contributed by atoms with Crippen molar-refractivity contribution in [3.8, 4) is 0 Å². The first-order valence-corrected chi connectivity index (χ1v) is 9.33. The summed E-state index contributed by atoms with van der Waals surface area (Å²) in [5.41, 5.74) is -0.874.